The first-order valence-electron chi connectivity index (χ1n) is 5.46. The van der Waals surface area contributed by atoms with E-state index in [0.29, 0.717) is 6.42 Å². The Kier molecular flexibility index (Phi) is 3.02. The van der Waals surface area contributed by atoms with Crippen LogP contribution in [-0.4, -0.2) is 0 Å². The number of hydrogen-bond acceptors (Lipinski definition) is 0. The van der Waals surface area contributed by atoms with Gasteiger partial charge in [-0.1, -0.05) is 55.8 Å². The molecule has 1 atom stereocenters. The van der Waals surface area contributed by atoms with Crippen LogP contribution in [0.5, 0.6) is 0 Å². The van der Waals surface area contributed by atoms with E-state index in [1.165, 1.54) is 0 Å². The van der Waals surface area contributed by atoms with E-state index in [1.54, 1.807) is 0 Å². The topological polar surface area (TPSA) is 19.9 Å². The Bertz CT molecular complexity index is 443. The maximum Gasteiger partial charge on any atom is 0.119 e. The summed E-state index contributed by atoms with van der Waals surface area (Å²) in [5.41, 5.74) is 0.940. The molecule has 0 saturated heterocycles. The van der Waals surface area contributed by atoms with Gasteiger partial charge in [-0.05, 0) is 22.8 Å². The van der Waals surface area contributed by atoms with Crippen molar-refractivity contribution < 1.29 is 5.11 Å². The van der Waals surface area contributed by atoms with Crippen molar-refractivity contribution >= 4 is 10.8 Å². The highest BCUT2D eigenvalue weighted by molar-refractivity contribution is 5.85. The van der Waals surface area contributed by atoms with E-state index in [-0.39, 0.29) is 0 Å². The van der Waals surface area contributed by atoms with Crippen LogP contribution >= 0.6 is 0 Å². The Morgan fingerprint density at radius 2 is 1.80 bits per heavy atom. The van der Waals surface area contributed by atoms with Gasteiger partial charge in [-0.15, -0.1) is 0 Å². The van der Waals surface area contributed by atoms with Crippen molar-refractivity contribution in [2.75, 3.05) is 0 Å². The molecule has 0 aliphatic carbocycles. The molecule has 1 radical (unpaired) electrons. The molecule has 0 aliphatic rings. The van der Waals surface area contributed by atoms with Crippen LogP contribution in [0, 0.1) is 0 Å². The predicted molar refractivity (Wildman–Crippen MR) is 62.3 cm³/mol. The summed E-state index contributed by atoms with van der Waals surface area (Å²) in [6, 6.07) is 14.1. The summed E-state index contributed by atoms with van der Waals surface area (Å²) in [6.45, 7) is 2.05. The summed E-state index contributed by atoms with van der Waals surface area (Å²) >= 11 is 0. The van der Waals surface area contributed by atoms with Crippen LogP contribution in [0.25, 0.3) is 10.8 Å². The van der Waals surface area contributed by atoms with Crippen molar-refractivity contribution in [2.24, 2.45) is 0 Å². The summed E-state index contributed by atoms with van der Waals surface area (Å²) in [7, 11) is 0. The van der Waals surface area contributed by atoms with Gasteiger partial charge in [0.15, 0.2) is 0 Å². The third-order valence-corrected chi connectivity index (χ3v) is 2.72. The van der Waals surface area contributed by atoms with Gasteiger partial charge in [0.05, 0.1) is 0 Å². The molecule has 0 heterocycles. The van der Waals surface area contributed by atoms with Crippen molar-refractivity contribution in [1.29, 1.82) is 0 Å². The van der Waals surface area contributed by atoms with Gasteiger partial charge in [0.2, 0.25) is 0 Å². The van der Waals surface area contributed by atoms with Crippen LogP contribution in [0.1, 0.15) is 31.4 Å². The van der Waals surface area contributed by atoms with Gasteiger partial charge in [-0.3, -0.25) is 0 Å². The van der Waals surface area contributed by atoms with Gasteiger partial charge in [-0.25, -0.2) is 5.11 Å². The smallest absolute Gasteiger partial charge is 0.119 e. The number of rotatable bonds is 3. The van der Waals surface area contributed by atoms with Crippen LogP contribution in [-0.2, 0) is 5.11 Å². The van der Waals surface area contributed by atoms with Crippen molar-refractivity contribution in [1.82, 2.24) is 0 Å². The second kappa shape index (κ2) is 4.45. The molecule has 0 spiro atoms. The Morgan fingerprint density at radius 3 is 2.60 bits per heavy atom. The average molecular weight is 199 g/mol. The van der Waals surface area contributed by atoms with Crippen molar-refractivity contribution in [3.05, 3.63) is 48.0 Å². The highest BCUT2D eigenvalue weighted by Crippen LogP contribution is 2.27. The zero-order valence-corrected chi connectivity index (χ0v) is 8.94. The Hall–Kier alpha value is -1.34. The lowest BCUT2D eigenvalue weighted by Crippen LogP contribution is -1.95. The molecule has 0 amide bonds. The molecule has 2 rings (SSSR count). The van der Waals surface area contributed by atoms with Crippen molar-refractivity contribution in [3.63, 3.8) is 0 Å². The minimum atomic E-state index is -0.582. The molecular weight excluding hydrogens is 184 g/mol. The number of benzene rings is 2. The quantitative estimate of drug-likeness (QED) is 0.709. The zero-order valence-electron chi connectivity index (χ0n) is 8.94. The lowest BCUT2D eigenvalue weighted by molar-refractivity contribution is 0.0818. The predicted octanol–water partition coefficient (Wildman–Crippen LogP) is 4.11. The molecule has 15 heavy (non-hydrogen) atoms. The van der Waals surface area contributed by atoms with Gasteiger partial charge in [-0.2, -0.15) is 0 Å². The third-order valence-electron chi connectivity index (χ3n) is 2.72. The Labute approximate surface area is 90.4 Å². The van der Waals surface area contributed by atoms with Gasteiger partial charge < -0.3 is 0 Å². The maximum atomic E-state index is 11.9. The molecule has 1 unspecified atom stereocenters. The SMILES string of the molecule is CCCC([O])c1cccc2ccccc12. The second-order valence-corrected chi connectivity index (χ2v) is 3.85. The summed E-state index contributed by atoms with van der Waals surface area (Å²) < 4.78 is 0. The maximum absolute atomic E-state index is 11.9. The monoisotopic (exact) mass is 199 g/mol. The third kappa shape index (κ3) is 2.02. The lowest BCUT2D eigenvalue weighted by atomic mass is 9.98. The summed E-state index contributed by atoms with van der Waals surface area (Å²) in [5.74, 6) is 0. The van der Waals surface area contributed by atoms with Crippen LogP contribution in [0.3, 0.4) is 0 Å². The van der Waals surface area contributed by atoms with Gasteiger partial charge in [0.1, 0.15) is 6.10 Å². The standard InChI is InChI=1S/C14H15O/c1-2-6-14(15)13-10-5-8-11-7-3-4-9-12(11)13/h3-5,7-10,14H,2,6H2,1H3. The van der Waals surface area contributed by atoms with Crippen LogP contribution in [0.2, 0.25) is 0 Å². The fraction of sp³-hybridized carbons (Fsp3) is 0.286. The fourth-order valence-corrected chi connectivity index (χ4v) is 1.95. The number of fused-ring (bicyclic) bond motifs is 1. The van der Waals surface area contributed by atoms with Crippen LogP contribution in [0.15, 0.2) is 42.5 Å². The molecule has 0 fully saturated rings. The van der Waals surface area contributed by atoms with Crippen molar-refractivity contribution in [3.8, 4) is 0 Å². The molecular formula is C14H15O. The molecule has 0 aromatic heterocycles. The molecule has 0 bridgehead atoms. The number of hydrogen-bond donors (Lipinski definition) is 0. The minimum absolute atomic E-state index is 0.582. The van der Waals surface area contributed by atoms with E-state index in [9.17, 15) is 5.11 Å². The van der Waals surface area contributed by atoms with E-state index in [4.69, 9.17) is 0 Å². The van der Waals surface area contributed by atoms with E-state index in [1.807, 2.05) is 30.3 Å². The summed E-state index contributed by atoms with van der Waals surface area (Å²) in [5, 5.41) is 14.2. The minimum Gasteiger partial charge on any atom is -0.228 e. The lowest BCUT2D eigenvalue weighted by Gasteiger charge is -2.10. The first-order valence-corrected chi connectivity index (χ1v) is 5.46. The highest BCUT2D eigenvalue weighted by Gasteiger charge is 2.10. The molecule has 77 valence electrons. The second-order valence-electron chi connectivity index (χ2n) is 3.85. The van der Waals surface area contributed by atoms with E-state index >= 15 is 0 Å². The van der Waals surface area contributed by atoms with Gasteiger partial charge >= 0.3 is 0 Å². The van der Waals surface area contributed by atoms with E-state index < -0.39 is 6.10 Å². The van der Waals surface area contributed by atoms with Gasteiger partial charge in [0, 0.05) is 0 Å². The molecule has 0 saturated carbocycles. The van der Waals surface area contributed by atoms with Gasteiger partial charge in [0.25, 0.3) is 0 Å². The molecule has 0 aliphatic heterocycles. The van der Waals surface area contributed by atoms with E-state index in [2.05, 4.69) is 19.1 Å². The molecule has 1 nitrogen and oxygen atoms in total. The summed E-state index contributed by atoms with van der Waals surface area (Å²) in [6.07, 6.45) is 1.08. The molecule has 2 aromatic rings. The Morgan fingerprint density at radius 1 is 1.07 bits per heavy atom. The van der Waals surface area contributed by atoms with Crippen molar-refractivity contribution in [2.45, 2.75) is 25.9 Å². The Balaban J connectivity index is 2.50. The van der Waals surface area contributed by atoms with Crippen LogP contribution in [0.4, 0.5) is 0 Å². The molecule has 1 heteroatoms. The molecule has 0 N–H and O–H groups in total. The first-order chi connectivity index (χ1) is 7.33. The summed E-state index contributed by atoms with van der Waals surface area (Å²) in [4.78, 5) is 0. The molecule has 2 aromatic carbocycles. The fourth-order valence-electron chi connectivity index (χ4n) is 1.95. The van der Waals surface area contributed by atoms with Crippen LogP contribution < -0.4 is 0 Å². The van der Waals surface area contributed by atoms with E-state index in [0.717, 1.165) is 22.8 Å². The largest absolute Gasteiger partial charge is 0.228 e. The average Bonchev–Trinajstić information content (AvgIpc) is 2.28. The first kappa shape index (κ1) is 10.2. The highest BCUT2D eigenvalue weighted by atomic mass is 16.3. The zero-order chi connectivity index (χ0) is 10.7. The normalized spacial score (nSPS) is 12.9.